The van der Waals surface area contributed by atoms with Gasteiger partial charge in [-0.15, -0.1) is 0 Å². The van der Waals surface area contributed by atoms with Crippen molar-refractivity contribution in [2.24, 2.45) is 5.92 Å². The number of piperidine rings is 1. The summed E-state index contributed by atoms with van der Waals surface area (Å²) >= 11 is 0. The molecule has 1 amide bonds. The summed E-state index contributed by atoms with van der Waals surface area (Å²) in [7, 11) is 0. The number of carbonyl (C=O) groups excluding carboxylic acids is 1. The zero-order valence-corrected chi connectivity index (χ0v) is 16.5. The van der Waals surface area contributed by atoms with E-state index in [1.807, 2.05) is 25.7 Å². The summed E-state index contributed by atoms with van der Waals surface area (Å²) in [6.45, 7) is 10.6. The van der Waals surface area contributed by atoms with Crippen LogP contribution in [0.1, 0.15) is 46.5 Å². The van der Waals surface area contributed by atoms with Gasteiger partial charge in [-0.25, -0.2) is 4.79 Å². The number of anilines is 2. The van der Waals surface area contributed by atoms with E-state index in [1.54, 1.807) is 0 Å². The molecule has 2 heterocycles. The van der Waals surface area contributed by atoms with Gasteiger partial charge >= 0.3 is 6.09 Å². The molecule has 2 fully saturated rings. The summed E-state index contributed by atoms with van der Waals surface area (Å²) in [6, 6.07) is 8.81. The standard InChI is InChI=1S/C21H33N3O2/c1-21(2,3)26-20(25)24-14-10-17(11-15-24)16-22-18-6-8-19(9-7-18)23-12-4-5-13-23/h6-9,17,22H,4-5,10-16H2,1-3H3. The Labute approximate surface area is 157 Å². The Morgan fingerprint density at radius 2 is 1.69 bits per heavy atom. The monoisotopic (exact) mass is 359 g/mol. The molecule has 0 atom stereocenters. The van der Waals surface area contributed by atoms with Gasteiger partial charge in [-0.05, 0) is 76.6 Å². The maximum absolute atomic E-state index is 12.1. The van der Waals surface area contributed by atoms with E-state index in [0.717, 1.165) is 32.5 Å². The molecule has 5 heteroatoms. The van der Waals surface area contributed by atoms with Gasteiger partial charge < -0.3 is 19.9 Å². The SMILES string of the molecule is CC(C)(C)OC(=O)N1CCC(CNc2ccc(N3CCCC3)cc2)CC1. The number of carbonyl (C=O) groups is 1. The Morgan fingerprint density at radius 1 is 1.08 bits per heavy atom. The van der Waals surface area contributed by atoms with E-state index < -0.39 is 5.60 Å². The molecular formula is C21H33N3O2. The average Bonchev–Trinajstić information content (AvgIpc) is 3.14. The fourth-order valence-electron chi connectivity index (χ4n) is 3.67. The summed E-state index contributed by atoms with van der Waals surface area (Å²) < 4.78 is 5.46. The van der Waals surface area contributed by atoms with E-state index in [9.17, 15) is 4.79 Å². The quantitative estimate of drug-likeness (QED) is 0.868. The van der Waals surface area contributed by atoms with Gasteiger partial charge in [-0.3, -0.25) is 0 Å². The van der Waals surface area contributed by atoms with Crippen LogP contribution in [0.3, 0.4) is 0 Å². The lowest BCUT2D eigenvalue weighted by atomic mass is 9.97. The number of amides is 1. The van der Waals surface area contributed by atoms with Crippen LogP contribution in [-0.4, -0.2) is 49.3 Å². The number of benzene rings is 1. The molecule has 3 rings (SSSR count). The average molecular weight is 360 g/mol. The van der Waals surface area contributed by atoms with E-state index >= 15 is 0 Å². The number of ether oxygens (including phenoxy) is 1. The van der Waals surface area contributed by atoms with Crippen molar-refractivity contribution in [3.05, 3.63) is 24.3 Å². The van der Waals surface area contributed by atoms with Gasteiger partial charge in [0.25, 0.3) is 0 Å². The molecule has 0 radical (unpaired) electrons. The van der Waals surface area contributed by atoms with Crippen LogP contribution in [0.5, 0.6) is 0 Å². The lowest BCUT2D eigenvalue weighted by molar-refractivity contribution is 0.0188. The Kier molecular flexibility index (Phi) is 5.94. The second kappa shape index (κ2) is 8.19. The number of nitrogens with zero attached hydrogens (tertiary/aromatic N) is 2. The molecule has 0 aromatic heterocycles. The highest BCUT2D eigenvalue weighted by Gasteiger charge is 2.26. The number of hydrogen-bond acceptors (Lipinski definition) is 4. The highest BCUT2D eigenvalue weighted by Crippen LogP contribution is 2.24. The van der Waals surface area contributed by atoms with Gasteiger partial charge in [0.05, 0.1) is 0 Å². The Balaban J connectivity index is 1.40. The minimum Gasteiger partial charge on any atom is -0.444 e. The topological polar surface area (TPSA) is 44.8 Å². The molecule has 0 aliphatic carbocycles. The van der Waals surface area contributed by atoms with Crippen molar-refractivity contribution in [1.82, 2.24) is 4.90 Å². The molecule has 2 saturated heterocycles. The molecule has 26 heavy (non-hydrogen) atoms. The van der Waals surface area contributed by atoms with Crippen LogP contribution in [0.2, 0.25) is 0 Å². The first-order valence-electron chi connectivity index (χ1n) is 9.97. The second-order valence-corrected chi connectivity index (χ2v) is 8.53. The molecule has 0 saturated carbocycles. The van der Waals surface area contributed by atoms with E-state index in [1.165, 1.54) is 37.3 Å². The van der Waals surface area contributed by atoms with Gasteiger partial charge in [-0.2, -0.15) is 0 Å². The van der Waals surface area contributed by atoms with Crippen LogP contribution in [0, 0.1) is 5.92 Å². The molecule has 144 valence electrons. The number of rotatable bonds is 4. The predicted molar refractivity (Wildman–Crippen MR) is 107 cm³/mol. The zero-order valence-electron chi connectivity index (χ0n) is 16.5. The van der Waals surface area contributed by atoms with Gasteiger partial charge in [0.2, 0.25) is 0 Å². The van der Waals surface area contributed by atoms with Crippen molar-refractivity contribution in [1.29, 1.82) is 0 Å². The Hall–Kier alpha value is -1.91. The van der Waals surface area contributed by atoms with Crippen LogP contribution in [0.4, 0.5) is 16.2 Å². The summed E-state index contributed by atoms with van der Waals surface area (Å²) in [5, 5.41) is 3.56. The Bertz CT molecular complexity index is 580. The summed E-state index contributed by atoms with van der Waals surface area (Å²) in [5.74, 6) is 0.604. The molecule has 0 spiro atoms. The molecule has 0 unspecified atom stereocenters. The maximum atomic E-state index is 12.1. The van der Waals surface area contributed by atoms with E-state index in [0.29, 0.717) is 5.92 Å². The van der Waals surface area contributed by atoms with Crippen molar-refractivity contribution < 1.29 is 9.53 Å². The molecule has 1 N–H and O–H groups in total. The third-order valence-electron chi connectivity index (χ3n) is 5.20. The summed E-state index contributed by atoms with van der Waals surface area (Å²) in [5.41, 5.74) is 2.10. The first kappa shape index (κ1) is 18.9. The lowest BCUT2D eigenvalue weighted by Gasteiger charge is -2.33. The predicted octanol–water partition coefficient (Wildman–Crippen LogP) is 4.35. The third-order valence-corrected chi connectivity index (χ3v) is 5.20. The lowest BCUT2D eigenvalue weighted by Crippen LogP contribution is -2.42. The van der Waals surface area contributed by atoms with Crippen molar-refractivity contribution in [2.45, 2.75) is 52.1 Å². The Morgan fingerprint density at radius 3 is 2.27 bits per heavy atom. The normalized spacial score (nSPS) is 18.9. The largest absolute Gasteiger partial charge is 0.444 e. The third kappa shape index (κ3) is 5.29. The molecule has 2 aliphatic heterocycles. The molecule has 1 aromatic rings. The molecule has 1 aromatic carbocycles. The van der Waals surface area contributed by atoms with Gasteiger partial charge in [-0.1, -0.05) is 0 Å². The minimum atomic E-state index is -0.420. The summed E-state index contributed by atoms with van der Waals surface area (Å²) in [6.07, 6.45) is 4.49. The maximum Gasteiger partial charge on any atom is 0.410 e. The van der Waals surface area contributed by atoms with E-state index in [-0.39, 0.29) is 6.09 Å². The van der Waals surface area contributed by atoms with Crippen LogP contribution in [-0.2, 0) is 4.74 Å². The first-order valence-corrected chi connectivity index (χ1v) is 9.97. The molecular weight excluding hydrogens is 326 g/mol. The first-order chi connectivity index (χ1) is 12.4. The van der Waals surface area contributed by atoms with Crippen LogP contribution in [0.25, 0.3) is 0 Å². The van der Waals surface area contributed by atoms with E-state index in [2.05, 4.69) is 34.5 Å². The highest BCUT2D eigenvalue weighted by molar-refractivity contribution is 5.68. The second-order valence-electron chi connectivity index (χ2n) is 8.53. The molecule has 0 bridgehead atoms. The molecule has 5 nitrogen and oxygen atoms in total. The number of likely N-dealkylation sites (tertiary alicyclic amines) is 1. The zero-order chi connectivity index (χ0) is 18.6. The van der Waals surface area contributed by atoms with Crippen LogP contribution >= 0.6 is 0 Å². The fourth-order valence-corrected chi connectivity index (χ4v) is 3.67. The fraction of sp³-hybridized carbons (Fsp3) is 0.667. The van der Waals surface area contributed by atoms with Crippen molar-refractivity contribution in [3.63, 3.8) is 0 Å². The van der Waals surface area contributed by atoms with Crippen LogP contribution < -0.4 is 10.2 Å². The van der Waals surface area contributed by atoms with Gasteiger partial charge in [0.1, 0.15) is 5.60 Å². The number of nitrogens with one attached hydrogen (secondary N) is 1. The van der Waals surface area contributed by atoms with Crippen molar-refractivity contribution >= 4 is 17.5 Å². The van der Waals surface area contributed by atoms with E-state index in [4.69, 9.17) is 4.74 Å². The minimum absolute atomic E-state index is 0.179. The highest BCUT2D eigenvalue weighted by atomic mass is 16.6. The molecule has 2 aliphatic rings. The summed E-state index contributed by atoms with van der Waals surface area (Å²) in [4.78, 5) is 16.4. The smallest absolute Gasteiger partial charge is 0.410 e. The van der Waals surface area contributed by atoms with Crippen molar-refractivity contribution in [3.8, 4) is 0 Å². The van der Waals surface area contributed by atoms with Crippen molar-refractivity contribution in [2.75, 3.05) is 42.9 Å². The van der Waals surface area contributed by atoms with Crippen LogP contribution in [0.15, 0.2) is 24.3 Å². The van der Waals surface area contributed by atoms with Gasteiger partial charge in [0.15, 0.2) is 0 Å². The number of hydrogen-bond donors (Lipinski definition) is 1. The van der Waals surface area contributed by atoms with Gasteiger partial charge in [0, 0.05) is 44.1 Å².